The van der Waals surface area contributed by atoms with Crippen molar-refractivity contribution >= 4 is 15.8 Å². The topological polar surface area (TPSA) is 119 Å². The minimum atomic E-state index is -1.22. The molecule has 0 radical (unpaired) electrons. The summed E-state index contributed by atoms with van der Waals surface area (Å²) in [5, 5.41) is 28.2. The van der Waals surface area contributed by atoms with Gasteiger partial charge in [-0.15, -0.1) is 0 Å². The first-order valence-corrected chi connectivity index (χ1v) is 18.1. The van der Waals surface area contributed by atoms with Gasteiger partial charge in [-0.1, -0.05) is 25.5 Å². The van der Waals surface area contributed by atoms with E-state index in [-0.39, 0.29) is 48.2 Å². The third-order valence-corrected chi connectivity index (χ3v) is 14.9. The van der Waals surface area contributed by atoms with Gasteiger partial charge in [0.05, 0.1) is 41.3 Å². The number of nitrogens with one attached hydrogen (secondary N) is 2. The lowest BCUT2D eigenvalue weighted by molar-refractivity contribution is -0.493. The van der Waals surface area contributed by atoms with Gasteiger partial charge in [0.1, 0.15) is 6.10 Å². The van der Waals surface area contributed by atoms with Crippen LogP contribution in [0.25, 0.3) is 0 Å². The van der Waals surface area contributed by atoms with Crippen molar-refractivity contribution in [3.05, 3.63) is 11.6 Å². The molecule has 5 aliphatic rings. The number of ketones is 1. The van der Waals surface area contributed by atoms with Crippen LogP contribution in [-0.4, -0.2) is 114 Å². The predicted molar refractivity (Wildman–Crippen MR) is 161 cm³/mol. The molecule has 0 aromatic heterocycles. The molecule has 0 amide bonds. The Balaban J connectivity index is 1.55. The molecular formula is C31H54N2O7S. The van der Waals surface area contributed by atoms with E-state index < -0.39 is 62.7 Å². The zero-order valence-corrected chi connectivity index (χ0v) is 27.6. The largest absolute Gasteiger partial charge is 0.396 e. The van der Waals surface area contributed by atoms with E-state index in [1.165, 1.54) is 0 Å². The summed E-state index contributed by atoms with van der Waals surface area (Å²) in [5.74, 6) is -1.52. The van der Waals surface area contributed by atoms with E-state index in [2.05, 4.69) is 77.0 Å². The second kappa shape index (κ2) is 10.5. The Morgan fingerprint density at radius 3 is 2.34 bits per heavy atom. The van der Waals surface area contributed by atoms with Gasteiger partial charge in [-0.25, -0.2) is 10.0 Å². The summed E-state index contributed by atoms with van der Waals surface area (Å²) in [6, 6.07) is -0.838. The Hall–Kier alpha value is -0.560. The molecule has 14 atom stereocenters. The van der Waals surface area contributed by atoms with Crippen LogP contribution < -0.4 is 10.6 Å². The molecule has 3 saturated heterocycles. The number of hydrogen-bond acceptors (Lipinski definition) is 9. The van der Waals surface area contributed by atoms with E-state index in [1.807, 2.05) is 7.05 Å². The van der Waals surface area contributed by atoms with Crippen molar-refractivity contribution in [3.8, 4) is 0 Å². The monoisotopic (exact) mass is 598 g/mol. The molecule has 0 aromatic rings. The third kappa shape index (κ3) is 4.53. The second-order valence-corrected chi connectivity index (χ2v) is 19.4. The average Bonchev–Trinajstić information content (AvgIpc) is 3.07. The fraction of sp³-hybridized carbons (Fsp3) is 0.903. The molecule has 1 spiro atoms. The summed E-state index contributed by atoms with van der Waals surface area (Å²) in [5.41, 5.74) is 0.452. The van der Waals surface area contributed by atoms with Crippen molar-refractivity contribution in [1.82, 2.24) is 10.6 Å². The molecule has 2 aliphatic carbocycles. The zero-order valence-electron chi connectivity index (χ0n) is 26.8. The number of hydrogen-bond donors (Lipinski definition) is 4. The van der Waals surface area contributed by atoms with Crippen LogP contribution in [0, 0.1) is 29.6 Å². The average molecular weight is 599 g/mol. The van der Waals surface area contributed by atoms with Crippen LogP contribution in [0.15, 0.2) is 11.6 Å². The van der Waals surface area contributed by atoms with Crippen molar-refractivity contribution in [2.75, 3.05) is 39.5 Å². The van der Waals surface area contributed by atoms with Crippen molar-refractivity contribution in [1.29, 1.82) is 0 Å². The van der Waals surface area contributed by atoms with Gasteiger partial charge in [-0.05, 0) is 78.8 Å². The number of aliphatic hydroxyl groups is 2. The zero-order chi connectivity index (χ0) is 30.4. The molecule has 4 fully saturated rings. The lowest BCUT2D eigenvalue weighted by atomic mass is 9.65. The number of fused-ring (bicyclic) bond motifs is 4. The minimum Gasteiger partial charge on any atom is -0.396 e. The molecule has 1 saturated carbocycles. The second-order valence-electron chi connectivity index (χ2n) is 14.7. The van der Waals surface area contributed by atoms with Crippen molar-refractivity contribution in [2.45, 2.75) is 107 Å². The summed E-state index contributed by atoms with van der Waals surface area (Å²) < 4.78 is 27.0. The smallest absolute Gasteiger partial charge is 0.225 e. The van der Waals surface area contributed by atoms with Crippen molar-refractivity contribution in [2.24, 2.45) is 29.6 Å². The molecule has 4 N–H and O–H groups in total. The number of aliphatic hydroxyl groups excluding tert-OH is 2. The van der Waals surface area contributed by atoms with Crippen LogP contribution in [0.4, 0.5) is 0 Å². The Labute approximate surface area is 247 Å². The van der Waals surface area contributed by atoms with Gasteiger partial charge >= 0.3 is 0 Å². The van der Waals surface area contributed by atoms with Gasteiger partial charge in [-0.3, -0.25) is 4.79 Å². The number of allylic oxidation sites excluding steroid dienone is 1. The van der Waals surface area contributed by atoms with E-state index in [4.69, 9.17) is 18.9 Å². The molecule has 41 heavy (non-hydrogen) atoms. The number of carbonyl (C=O) groups is 1. The first kappa shape index (κ1) is 31.9. The quantitative estimate of drug-likeness (QED) is 0.327. The van der Waals surface area contributed by atoms with Crippen molar-refractivity contribution in [3.63, 3.8) is 0 Å². The van der Waals surface area contributed by atoms with Gasteiger partial charge in [0.25, 0.3) is 0 Å². The first-order valence-electron chi connectivity index (χ1n) is 15.3. The van der Waals surface area contributed by atoms with Crippen LogP contribution in [0.3, 0.4) is 0 Å². The molecule has 3 aliphatic heterocycles. The summed E-state index contributed by atoms with van der Waals surface area (Å²) in [6.07, 6.45) is 6.71. The van der Waals surface area contributed by atoms with E-state index in [1.54, 1.807) is 7.05 Å². The Morgan fingerprint density at radius 2 is 1.78 bits per heavy atom. The standard InChI is InChI=1S/C31H54N2O7S/c1-15-12-20-21-17(3)30(6,13-18(21)16(2)27(36)29(4,5)41(9,10)11)40-31(20)28(37-15)38-25-19(14-34)22(32-7)24(35)23(33-8)26(25)39-31/h13,15-17,19-26,28,32-35H,12,14H2,1-11H3. The van der Waals surface area contributed by atoms with Gasteiger partial charge in [0.15, 0.2) is 5.78 Å². The van der Waals surface area contributed by atoms with Gasteiger partial charge < -0.3 is 39.8 Å². The number of Topliss-reactive ketones (excluding diaryl/α,β-unsaturated/α-hetero) is 1. The van der Waals surface area contributed by atoms with Crippen LogP contribution >= 0.6 is 10.0 Å². The highest BCUT2D eigenvalue weighted by atomic mass is 32.3. The van der Waals surface area contributed by atoms with E-state index in [0.717, 1.165) is 5.57 Å². The summed E-state index contributed by atoms with van der Waals surface area (Å²) in [7, 11) is 2.44. The predicted octanol–water partition coefficient (Wildman–Crippen LogP) is 2.04. The maximum atomic E-state index is 14.1. The minimum absolute atomic E-state index is 0.0488. The van der Waals surface area contributed by atoms with Crippen LogP contribution in [0.5, 0.6) is 0 Å². The maximum Gasteiger partial charge on any atom is 0.225 e. The highest BCUT2D eigenvalue weighted by molar-refractivity contribution is 8.33. The fourth-order valence-corrected chi connectivity index (χ4v) is 9.23. The third-order valence-electron chi connectivity index (χ3n) is 11.7. The molecule has 236 valence electrons. The molecule has 10 heteroatoms. The molecule has 9 nitrogen and oxygen atoms in total. The highest BCUT2D eigenvalue weighted by Gasteiger charge is 2.72. The van der Waals surface area contributed by atoms with Crippen LogP contribution in [0.1, 0.15) is 48.0 Å². The lowest BCUT2D eigenvalue weighted by Crippen LogP contribution is -2.79. The molecular weight excluding hydrogens is 544 g/mol. The summed E-state index contributed by atoms with van der Waals surface area (Å²) >= 11 is 0. The number of ether oxygens (including phenoxy) is 4. The Bertz CT molecular complexity index is 1060. The maximum absolute atomic E-state index is 14.1. The molecule has 3 heterocycles. The van der Waals surface area contributed by atoms with E-state index >= 15 is 0 Å². The number of likely N-dealkylation sites (N-methyl/N-ethyl adjacent to an activating group) is 2. The van der Waals surface area contributed by atoms with Gasteiger partial charge in [0, 0.05) is 23.8 Å². The molecule has 14 unspecified atom stereocenters. The van der Waals surface area contributed by atoms with E-state index in [9.17, 15) is 15.0 Å². The van der Waals surface area contributed by atoms with Crippen molar-refractivity contribution < 1.29 is 34.0 Å². The number of carbonyl (C=O) groups excluding carboxylic acids is 1. The highest BCUT2D eigenvalue weighted by Crippen LogP contribution is 2.63. The SMILES string of the molecule is CNC1C(O)C(NC)C2OC34OC5(C)C=C(C(C)C(=O)C(C)(C)S(C)(C)C)C(C5C)C3CC(C)OC4OC2C1CO. The fourth-order valence-electron chi connectivity index (χ4n) is 8.45. The number of rotatable bonds is 7. The summed E-state index contributed by atoms with van der Waals surface area (Å²) in [6.45, 7) is 12.5. The normalized spacial score (nSPS) is 48.9. The molecule has 2 bridgehead atoms. The first-order chi connectivity index (χ1) is 19.0. The summed E-state index contributed by atoms with van der Waals surface area (Å²) in [4.78, 5) is 14.1. The molecule has 5 rings (SSSR count). The van der Waals surface area contributed by atoms with Gasteiger partial charge in [0.2, 0.25) is 12.1 Å². The van der Waals surface area contributed by atoms with Crippen LogP contribution in [-0.2, 0) is 23.7 Å². The van der Waals surface area contributed by atoms with Gasteiger partial charge in [-0.2, -0.15) is 0 Å². The van der Waals surface area contributed by atoms with E-state index in [0.29, 0.717) is 6.42 Å². The Morgan fingerprint density at radius 1 is 1.15 bits per heavy atom. The lowest BCUT2D eigenvalue weighted by Gasteiger charge is -2.64. The molecule has 0 aromatic carbocycles. The Kier molecular flexibility index (Phi) is 8.17. The van der Waals surface area contributed by atoms with Crippen LogP contribution in [0.2, 0.25) is 0 Å².